The molecule has 0 atom stereocenters. The molecule has 0 aliphatic heterocycles. The summed E-state index contributed by atoms with van der Waals surface area (Å²) in [5, 5.41) is 14.3. The highest BCUT2D eigenvalue weighted by Gasteiger charge is 2.13. The predicted octanol–water partition coefficient (Wildman–Crippen LogP) is 2.39. The minimum absolute atomic E-state index is 0.101. The second-order valence-electron chi connectivity index (χ2n) is 3.61. The molecule has 0 saturated heterocycles. The largest absolute Gasteiger partial charge is 0.459 e. The third kappa shape index (κ3) is 2.94. The van der Waals surface area contributed by atoms with E-state index in [0.29, 0.717) is 11.3 Å². The van der Waals surface area contributed by atoms with Crippen LogP contribution >= 0.6 is 15.9 Å². The zero-order valence-corrected chi connectivity index (χ0v) is 11.2. The summed E-state index contributed by atoms with van der Waals surface area (Å²) in [5.41, 5.74) is 6.38. The van der Waals surface area contributed by atoms with Crippen molar-refractivity contribution in [3.63, 3.8) is 0 Å². The van der Waals surface area contributed by atoms with Gasteiger partial charge in [-0.05, 0) is 30.3 Å². The van der Waals surface area contributed by atoms with Gasteiger partial charge in [0.05, 0.1) is 12.0 Å². The van der Waals surface area contributed by atoms with Crippen LogP contribution in [-0.4, -0.2) is 17.0 Å². The maximum Gasteiger partial charge on any atom is 0.291 e. The average molecular weight is 324 g/mol. The molecule has 2 aromatic rings. The molecule has 19 heavy (non-hydrogen) atoms. The summed E-state index contributed by atoms with van der Waals surface area (Å²) in [5.74, 6) is -0.344. The van der Waals surface area contributed by atoms with Crippen LogP contribution in [0.25, 0.3) is 0 Å². The van der Waals surface area contributed by atoms with Gasteiger partial charge in [0, 0.05) is 10.0 Å². The summed E-state index contributed by atoms with van der Waals surface area (Å²) in [4.78, 5) is 11.9. The maximum absolute atomic E-state index is 11.9. The topological polar surface area (TPSA) is 101 Å². The molecule has 1 aromatic carbocycles. The molecule has 0 fully saturated rings. The molecular weight excluding hydrogens is 314 g/mol. The summed E-state index contributed by atoms with van der Waals surface area (Å²) in [6.07, 6.45) is 1.40. The summed E-state index contributed by atoms with van der Waals surface area (Å²) < 4.78 is 5.73. The zero-order chi connectivity index (χ0) is 13.8. The minimum atomic E-state index is -0.417. The quantitative estimate of drug-likeness (QED) is 0.349. The number of amidine groups is 1. The lowest BCUT2D eigenvalue weighted by atomic mass is 10.1. The van der Waals surface area contributed by atoms with E-state index in [2.05, 4.69) is 26.4 Å². The van der Waals surface area contributed by atoms with Crippen molar-refractivity contribution in [1.82, 2.24) is 0 Å². The summed E-state index contributed by atoms with van der Waals surface area (Å²) in [6.45, 7) is 0. The first kappa shape index (κ1) is 13.2. The highest BCUT2D eigenvalue weighted by atomic mass is 79.9. The molecule has 0 aliphatic carbocycles. The number of hydrogen-bond donors (Lipinski definition) is 3. The number of nitrogens with two attached hydrogens (primary N) is 1. The SMILES string of the molecule is N/C(=N/O)c1cc(Br)ccc1NC(=O)c1ccco1. The number of oxime groups is 1. The smallest absolute Gasteiger partial charge is 0.291 e. The van der Waals surface area contributed by atoms with Gasteiger partial charge in [0.25, 0.3) is 5.91 Å². The molecule has 1 aromatic heterocycles. The molecule has 0 saturated carbocycles. The van der Waals surface area contributed by atoms with Crippen molar-refractivity contribution in [2.75, 3.05) is 5.32 Å². The van der Waals surface area contributed by atoms with Gasteiger partial charge in [0.2, 0.25) is 0 Å². The Hall–Kier alpha value is -2.28. The third-order valence-electron chi connectivity index (χ3n) is 2.36. The molecule has 0 spiro atoms. The lowest BCUT2D eigenvalue weighted by Crippen LogP contribution is -2.19. The molecule has 4 N–H and O–H groups in total. The van der Waals surface area contributed by atoms with Crippen LogP contribution < -0.4 is 11.1 Å². The van der Waals surface area contributed by atoms with E-state index in [4.69, 9.17) is 15.4 Å². The number of hydrogen-bond acceptors (Lipinski definition) is 4. The Kier molecular flexibility index (Phi) is 3.86. The standard InChI is InChI=1S/C12H10BrN3O3/c13-7-3-4-9(8(6-7)11(14)16-18)15-12(17)10-2-1-5-19-10/h1-6,18H,(H2,14,16)(H,15,17). The number of benzene rings is 1. The van der Waals surface area contributed by atoms with Gasteiger partial charge in [-0.15, -0.1) is 0 Å². The number of amides is 1. The highest BCUT2D eigenvalue weighted by Crippen LogP contribution is 2.21. The predicted molar refractivity (Wildman–Crippen MR) is 73.3 cm³/mol. The lowest BCUT2D eigenvalue weighted by Gasteiger charge is -2.09. The average Bonchev–Trinajstić information content (AvgIpc) is 2.94. The van der Waals surface area contributed by atoms with Crippen LogP contribution in [0.4, 0.5) is 5.69 Å². The van der Waals surface area contributed by atoms with Gasteiger partial charge in [-0.1, -0.05) is 21.1 Å². The van der Waals surface area contributed by atoms with Crippen molar-refractivity contribution in [3.05, 3.63) is 52.4 Å². The molecule has 1 heterocycles. The van der Waals surface area contributed by atoms with Crippen molar-refractivity contribution >= 4 is 33.4 Å². The number of nitrogens with zero attached hydrogens (tertiary/aromatic N) is 1. The molecule has 7 heteroatoms. The zero-order valence-electron chi connectivity index (χ0n) is 9.63. The van der Waals surface area contributed by atoms with Gasteiger partial charge in [-0.25, -0.2) is 0 Å². The fourth-order valence-electron chi connectivity index (χ4n) is 1.48. The molecule has 98 valence electrons. The molecule has 0 unspecified atom stereocenters. The Morgan fingerprint density at radius 3 is 2.84 bits per heavy atom. The second kappa shape index (κ2) is 5.57. The van der Waals surface area contributed by atoms with Crippen LogP contribution in [-0.2, 0) is 0 Å². The van der Waals surface area contributed by atoms with Crippen LogP contribution in [0.3, 0.4) is 0 Å². The molecule has 0 aliphatic rings. The molecule has 0 bridgehead atoms. The van der Waals surface area contributed by atoms with E-state index in [1.807, 2.05) is 0 Å². The number of rotatable bonds is 3. The highest BCUT2D eigenvalue weighted by molar-refractivity contribution is 9.10. The van der Waals surface area contributed by atoms with Crippen LogP contribution in [0.5, 0.6) is 0 Å². The molecule has 2 rings (SSSR count). The summed E-state index contributed by atoms with van der Waals surface area (Å²) >= 11 is 3.28. The Balaban J connectivity index is 2.32. The van der Waals surface area contributed by atoms with Gasteiger partial charge in [0.1, 0.15) is 0 Å². The van der Waals surface area contributed by atoms with Gasteiger partial charge in [-0.3, -0.25) is 4.79 Å². The summed E-state index contributed by atoms with van der Waals surface area (Å²) in [7, 11) is 0. The van der Waals surface area contributed by atoms with Gasteiger partial charge in [-0.2, -0.15) is 0 Å². The van der Waals surface area contributed by atoms with E-state index in [1.54, 1.807) is 24.3 Å². The third-order valence-corrected chi connectivity index (χ3v) is 2.85. The molecule has 0 radical (unpaired) electrons. The second-order valence-corrected chi connectivity index (χ2v) is 4.52. The molecular formula is C12H10BrN3O3. The van der Waals surface area contributed by atoms with E-state index in [-0.39, 0.29) is 11.6 Å². The van der Waals surface area contributed by atoms with Crippen molar-refractivity contribution in [1.29, 1.82) is 0 Å². The van der Waals surface area contributed by atoms with Gasteiger partial charge in [0.15, 0.2) is 11.6 Å². The first-order valence-electron chi connectivity index (χ1n) is 5.24. The molecule has 1 amide bonds. The Morgan fingerprint density at radius 1 is 1.42 bits per heavy atom. The number of nitrogens with one attached hydrogen (secondary N) is 1. The number of furan rings is 1. The van der Waals surface area contributed by atoms with Crippen LogP contribution in [0, 0.1) is 0 Å². The number of carbonyl (C=O) groups is 1. The van der Waals surface area contributed by atoms with Crippen molar-refractivity contribution < 1.29 is 14.4 Å². The van der Waals surface area contributed by atoms with Crippen molar-refractivity contribution in [2.24, 2.45) is 10.9 Å². The Bertz CT molecular complexity index is 623. The Morgan fingerprint density at radius 2 is 2.21 bits per heavy atom. The van der Waals surface area contributed by atoms with E-state index in [0.717, 1.165) is 4.47 Å². The first-order valence-corrected chi connectivity index (χ1v) is 6.03. The van der Waals surface area contributed by atoms with Crippen LogP contribution in [0.15, 0.2) is 50.6 Å². The normalized spacial score (nSPS) is 11.3. The molecule has 6 nitrogen and oxygen atoms in total. The number of carbonyl (C=O) groups excluding carboxylic acids is 1. The van der Waals surface area contributed by atoms with Crippen LogP contribution in [0.2, 0.25) is 0 Å². The van der Waals surface area contributed by atoms with Gasteiger partial charge >= 0.3 is 0 Å². The van der Waals surface area contributed by atoms with Crippen molar-refractivity contribution in [3.8, 4) is 0 Å². The number of halogens is 1. The summed E-state index contributed by atoms with van der Waals surface area (Å²) in [6, 6.07) is 8.15. The van der Waals surface area contributed by atoms with E-state index < -0.39 is 5.91 Å². The Labute approximate surface area is 117 Å². The number of anilines is 1. The van der Waals surface area contributed by atoms with Crippen molar-refractivity contribution in [2.45, 2.75) is 0 Å². The maximum atomic E-state index is 11.9. The lowest BCUT2D eigenvalue weighted by molar-refractivity contribution is 0.0996. The first-order chi connectivity index (χ1) is 9.11. The van der Waals surface area contributed by atoms with E-state index in [1.165, 1.54) is 12.3 Å². The van der Waals surface area contributed by atoms with E-state index >= 15 is 0 Å². The van der Waals surface area contributed by atoms with Crippen LogP contribution in [0.1, 0.15) is 16.1 Å². The van der Waals surface area contributed by atoms with Gasteiger partial charge < -0.3 is 20.7 Å². The fraction of sp³-hybridized carbons (Fsp3) is 0. The minimum Gasteiger partial charge on any atom is -0.459 e. The monoisotopic (exact) mass is 323 g/mol. The van der Waals surface area contributed by atoms with E-state index in [9.17, 15) is 4.79 Å². The fourth-order valence-corrected chi connectivity index (χ4v) is 1.84.